The van der Waals surface area contributed by atoms with Crippen molar-refractivity contribution < 1.29 is 12.8 Å². The predicted molar refractivity (Wildman–Crippen MR) is 66.8 cm³/mol. The lowest BCUT2D eigenvalue weighted by Crippen LogP contribution is -2.10. The average molecular weight is 297 g/mol. The van der Waals surface area contributed by atoms with Gasteiger partial charge in [0.1, 0.15) is 5.82 Å². The van der Waals surface area contributed by atoms with Gasteiger partial charge in [0.2, 0.25) is 0 Å². The largest absolute Gasteiger partial charge is 0.229 e. The topological polar surface area (TPSA) is 34.1 Å². The predicted octanol–water partition coefficient (Wildman–Crippen LogP) is 3.19. The number of halogens is 3. The molecule has 94 valence electrons. The highest BCUT2D eigenvalue weighted by atomic mass is 35.5. The quantitative estimate of drug-likeness (QED) is 0.786. The Morgan fingerprint density at radius 1 is 1.35 bits per heavy atom. The fraction of sp³-hybridized carbons (Fsp3) is 0.455. The van der Waals surface area contributed by atoms with Crippen LogP contribution < -0.4 is 0 Å². The molecule has 2 nitrogen and oxygen atoms in total. The van der Waals surface area contributed by atoms with Crippen molar-refractivity contribution in [3.8, 4) is 0 Å². The molecule has 0 spiro atoms. The molecule has 2 atom stereocenters. The molecule has 17 heavy (non-hydrogen) atoms. The third-order valence-electron chi connectivity index (χ3n) is 2.88. The van der Waals surface area contributed by atoms with Gasteiger partial charge in [0.15, 0.2) is 9.84 Å². The third kappa shape index (κ3) is 3.12. The Labute approximate surface area is 110 Å². The molecule has 1 aromatic rings. The first kappa shape index (κ1) is 13.1. The normalized spacial score (nSPS) is 24.8. The first-order valence-electron chi connectivity index (χ1n) is 5.18. The van der Waals surface area contributed by atoms with Gasteiger partial charge in [0, 0.05) is 5.02 Å². The van der Waals surface area contributed by atoms with Crippen LogP contribution in [0, 0.1) is 11.7 Å². The molecule has 1 aliphatic rings. The lowest BCUT2D eigenvalue weighted by molar-refractivity contribution is 0.563. The SMILES string of the molecule is O=S1(=O)CCC(C(Cl)c2cc(F)cc(Cl)c2)C1. The van der Waals surface area contributed by atoms with Crippen LogP contribution in [0.2, 0.25) is 5.02 Å². The maximum atomic E-state index is 13.2. The van der Waals surface area contributed by atoms with E-state index in [1.165, 1.54) is 12.1 Å². The maximum absolute atomic E-state index is 13.2. The Kier molecular flexibility index (Phi) is 3.66. The van der Waals surface area contributed by atoms with E-state index in [1.54, 1.807) is 6.07 Å². The Balaban J connectivity index is 2.23. The summed E-state index contributed by atoms with van der Waals surface area (Å²) in [6.07, 6.45) is 0.518. The van der Waals surface area contributed by atoms with Gasteiger partial charge in [-0.2, -0.15) is 0 Å². The molecule has 0 N–H and O–H groups in total. The van der Waals surface area contributed by atoms with E-state index in [0.29, 0.717) is 12.0 Å². The van der Waals surface area contributed by atoms with Crippen LogP contribution >= 0.6 is 23.2 Å². The summed E-state index contributed by atoms with van der Waals surface area (Å²) in [7, 11) is -2.98. The molecule has 0 aliphatic carbocycles. The zero-order valence-electron chi connectivity index (χ0n) is 8.87. The fourth-order valence-electron chi connectivity index (χ4n) is 2.06. The number of alkyl halides is 1. The molecule has 2 rings (SSSR count). The molecule has 0 saturated carbocycles. The molecular formula is C11H11Cl2FO2S. The minimum atomic E-state index is -2.98. The van der Waals surface area contributed by atoms with Crippen LogP contribution in [0.25, 0.3) is 0 Å². The van der Waals surface area contributed by atoms with Crippen molar-refractivity contribution in [1.82, 2.24) is 0 Å². The summed E-state index contributed by atoms with van der Waals surface area (Å²) in [4.78, 5) is 0. The summed E-state index contributed by atoms with van der Waals surface area (Å²) in [6.45, 7) is 0. The van der Waals surface area contributed by atoms with E-state index in [0.717, 1.165) is 0 Å². The number of hydrogen-bond donors (Lipinski definition) is 0. The van der Waals surface area contributed by atoms with Crippen LogP contribution in [0.1, 0.15) is 17.4 Å². The molecule has 6 heteroatoms. The van der Waals surface area contributed by atoms with Crippen molar-refractivity contribution in [2.45, 2.75) is 11.8 Å². The van der Waals surface area contributed by atoms with Crippen LogP contribution in [0.5, 0.6) is 0 Å². The third-order valence-corrected chi connectivity index (χ3v) is 5.51. The van der Waals surface area contributed by atoms with Gasteiger partial charge in [-0.25, -0.2) is 12.8 Å². The summed E-state index contributed by atoms with van der Waals surface area (Å²) in [6, 6.07) is 4.07. The zero-order valence-corrected chi connectivity index (χ0v) is 11.2. The van der Waals surface area contributed by atoms with E-state index in [1.807, 2.05) is 0 Å². The first-order chi connectivity index (χ1) is 7.87. The molecule has 0 aromatic heterocycles. The van der Waals surface area contributed by atoms with Crippen LogP contribution in [-0.2, 0) is 9.84 Å². The molecule has 0 amide bonds. The smallest absolute Gasteiger partial charge is 0.150 e. The van der Waals surface area contributed by atoms with Crippen molar-refractivity contribution in [2.24, 2.45) is 5.92 Å². The molecule has 1 fully saturated rings. The molecular weight excluding hydrogens is 286 g/mol. The van der Waals surface area contributed by atoms with Crippen molar-refractivity contribution in [2.75, 3.05) is 11.5 Å². The summed E-state index contributed by atoms with van der Waals surface area (Å²) in [5.41, 5.74) is 0.541. The molecule has 1 aromatic carbocycles. The van der Waals surface area contributed by atoms with Crippen LogP contribution in [0.3, 0.4) is 0 Å². The standard InChI is InChI=1S/C11H11Cl2FO2S/c12-9-3-8(4-10(14)5-9)11(13)7-1-2-17(15,16)6-7/h3-5,7,11H,1-2,6H2. The van der Waals surface area contributed by atoms with Gasteiger partial charge < -0.3 is 0 Å². The Bertz CT molecular complexity index is 510. The zero-order chi connectivity index (χ0) is 12.6. The van der Waals surface area contributed by atoms with Gasteiger partial charge >= 0.3 is 0 Å². The fourth-order valence-corrected chi connectivity index (χ4v) is 4.58. The maximum Gasteiger partial charge on any atom is 0.150 e. The number of benzene rings is 1. The minimum Gasteiger partial charge on any atom is -0.229 e. The molecule has 1 aliphatic heterocycles. The summed E-state index contributed by atoms with van der Waals surface area (Å²) in [5.74, 6) is -0.405. The summed E-state index contributed by atoms with van der Waals surface area (Å²) < 4.78 is 35.9. The van der Waals surface area contributed by atoms with Gasteiger partial charge in [-0.3, -0.25) is 0 Å². The van der Waals surface area contributed by atoms with Gasteiger partial charge in [-0.1, -0.05) is 11.6 Å². The van der Waals surface area contributed by atoms with Gasteiger partial charge in [0.25, 0.3) is 0 Å². The van der Waals surface area contributed by atoms with Crippen molar-refractivity contribution in [3.63, 3.8) is 0 Å². The Hall–Kier alpha value is -0.320. The van der Waals surface area contributed by atoms with Gasteiger partial charge in [-0.05, 0) is 36.1 Å². The Morgan fingerprint density at radius 3 is 2.59 bits per heavy atom. The Morgan fingerprint density at radius 2 is 2.06 bits per heavy atom. The second-order valence-corrected chi connectivity index (χ2v) is 7.40. The highest BCUT2D eigenvalue weighted by molar-refractivity contribution is 7.91. The van der Waals surface area contributed by atoms with Crippen molar-refractivity contribution >= 4 is 33.0 Å². The highest BCUT2D eigenvalue weighted by Crippen LogP contribution is 2.37. The molecule has 1 saturated heterocycles. The van der Waals surface area contributed by atoms with E-state index >= 15 is 0 Å². The van der Waals surface area contributed by atoms with Crippen LogP contribution in [0.15, 0.2) is 18.2 Å². The molecule has 0 radical (unpaired) electrons. The summed E-state index contributed by atoms with van der Waals surface area (Å²) >= 11 is 11.9. The molecule has 1 heterocycles. The number of hydrogen-bond acceptors (Lipinski definition) is 2. The van der Waals surface area contributed by atoms with Crippen molar-refractivity contribution in [3.05, 3.63) is 34.6 Å². The number of sulfone groups is 1. The second kappa shape index (κ2) is 4.75. The van der Waals surface area contributed by atoms with Crippen LogP contribution in [0.4, 0.5) is 4.39 Å². The number of rotatable bonds is 2. The molecule has 0 bridgehead atoms. The van der Waals surface area contributed by atoms with Crippen molar-refractivity contribution in [1.29, 1.82) is 0 Å². The van der Waals surface area contributed by atoms with E-state index < -0.39 is 21.0 Å². The summed E-state index contributed by atoms with van der Waals surface area (Å²) in [5, 5.41) is -0.244. The lowest BCUT2D eigenvalue weighted by atomic mass is 9.98. The highest BCUT2D eigenvalue weighted by Gasteiger charge is 2.33. The second-order valence-electron chi connectivity index (χ2n) is 4.27. The van der Waals surface area contributed by atoms with E-state index in [4.69, 9.17) is 23.2 Å². The van der Waals surface area contributed by atoms with E-state index in [2.05, 4.69) is 0 Å². The van der Waals surface area contributed by atoms with Crippen LogP contribution in [-0.4, -0.2) is 19.9 Å². The van der Waals surface area contributed by atoms with E-state index in [-0.39, 0.29) is 22.4 Å². The lowest BCUT2D eigenvalue weighted by Gasteiger charge is -2.16. The molecule has 2 unspecified atom stereocenters. The first-order valence-corrected chi connectivity index (χ1v) is 7.81. The van der Waals surface area contributed by atoms with E-state index in [9.17, 15) is 12.8 Å². The minimum absolute atomic E-state index is 0.0648. The average Bonchev–Trinajstić information content (AvgIpc) is 2.56. The van der Waals surface area contributed by atoms with Gasteiger partial charge in [-0.15, -0.1) is 11.6 Å². The van der Waals surface area contributed by atoms with Gasteiger partial charge in [0.05, 0.1) is 16.9 Å². The monoisotopic (exact) mass is 296 g/mol.